The molecule has 2 atom stereocenters. The highest BCUT2D eigenvalue weighted by Gasteiger charge is 2.27. The summed E-state index contributed by atoms with van der Waals surface area (Å²) in [5.74, 6) is -0.126. The van der Waals surface area contributed by atoms with Crippen molar-refractivity contribution in [1.82, 2.24) is 19.6 Å². The normalized spacial score (nSPS) is 20.2. The number of carbonyl (C=O) groups excluding carboxylic acids is 1. The Morgan fingerprint density at radius 3 is 2.73 bits per heavy atom. The molecule has 146 valence electrons. The van der Waals surface area contributed by atoms with E-state index in [9.17, 15) is 9.59 Å². The third kappa shape index (κ3) is 5.28. The predicted octanol–water partition coefficient (Wildman–Crippen LogP) is 1.66. The number of aliphatic carboxylic acids is 1. The van der Waals surface area contributed by atoms with E-state index in [0.717, 1.165) is 32.4 Å². The van der Waals surface area contributed by atoms with E-state index >= 15 is 0 Å². The molecule has 1 aliphatic heterocycles. The van der Waals surface area contributed by atoms with Gasteiger partial charge in [-0.2, -0.15) is 5.10 Å². The number of likely N-dealkylation sites (tertiary alicyclic amines) is 1. The molecular formula is C18H31N5O3. The summed E-state index contributed by atoms with van der Waals surface area (Å²) in [6, 6.07) is 1.99. The smallest absolute Gasteiger partial charge is 0.317 e. The molecule has 1 aromatic heterocycles. The van der Waals surface area contributed by atoms with Gasteiger partial charge in [-0.25, -0.2) is 4.68 Å². The van der Waals surface area contributed by atoms with E-state index in [-0.39, 0.29) is 30.6 Å². The molecule has 2 unspecified atom stereocenters. The van der Waals surface area contributed by atoms with Crippen molar-refractivity contribution in [3.05, 3.63) is 12.3 Å². The van der Waals surface area contributed by atoms with Crippen LogP contribution in [-0.4, -0.2) is 75.3 Å². The number of anilines is 1. The van der Waals surface area contributed by atoms with Crippen molar-refractivity contribution in [3.63, 3.8) is 0 Å². The van der Waals surface area contributed by atoms with Gasteiger partial charge in [0, 0.05) is 24.7 Å². The summed E-state index contributed by atoms with van der Waals surface area (Å²) in [5, 5.41) is 16.2. The molecule has 1 saturated heterocycles. The van der Waals surface area contributed by atoms with Crippen LogP contribution in [0.25, 0.3) is 0 Å². The van der Waals surface area contributed by atoms with Gasteiger partial charge in [0.2, 0.25) is 5.91 Å². The van der Waals surface area contributed by atoms with Crippen LogP contribution in [-0.2, 0) is 9.59 Å². The number of carboxylic acids is 1. The fourth-order valence-electron chi connectivity index (χ4n) is 3.49. The third-order valence-corrected chi connectivity index (χ3v) is 5.08. The van der Waals surface area contributed by atoms with Gasteiger partial charge in [-0.1, -0.05) is 0 Å². The van der Waals surface area contributed by atoms with E-state index in [4.69, 9.17) is 5.11 Å². The maximum Gasteiger partial charge on any atom is 0.317 e. The Hall–Kier alpha value is -1.93. The number of hydrogen-bond donors (Lipinski definition) is 2. The topological polar surface area (TPSA) is 90.7 Å². The molecule has 1 amide bonds. The van der Waals surface area contributed by atoms with Crippen molar-refractivity contribution in [2.24, 2.45) is 0 Å². The van der Waals surface area contributed by atoms with Gasteiger partial charge < -0.3 is 10.4 Å². The number of rotatable bonds is 7. The third-order valence-electron chi connectivity index (χ3n) is 5.08. The molecule has 1 aromatic rings. The Bertz CT molecular complexity index is 616. The highest BCUT2D eigenvalue weighted by molar-refractivity contribution is 5.93. The van der Waals surface area contributed by atoms with Crippen molar-refractivity contribution in [2.45, 2.75) is 58.2 Å². The zero-order chi connectivity index (χ0) is 19.3. The van der Waals surface area contributed by atoms with E-state index in [1.165, 1.54) is 0 Å². The number of amides is 1. The maximum atomic E-state index is 12.7. The first-order valence-electron chi connectivity index (χ1n) is 9.30. The number of aromatic nitrogens is 2. The Morgan fingerprint density at radius 1 is 1.35 bits per heavy atom. The number of nitrogens with zero attached hydrogens (tertiary/aromatic N) is 4. The molecule has 0 radical (unpaired) electrons. The standard InChI is InChI=1S/C18H31N5O3/c1-13(2)23-16(7-9-19-23)20-18(26)14(3)22-10-5-6-15(8-11-22)21(4)12-17(24)25/h7,9,13-15H,5-6,8,10-12H2,1-4H3,(H,20,26)(H,24,25). The number of hydrogen-bond acceptors (Lipinski definition) is 5. The van der Waals surface area contributed by atoms with E-state index in [1.807, 2.05) is 38.8 Å². The summed E-state index contributed by atoms with van der Waals surface area (Å²) in [7, 11) is 1.86. The maximum absolute atomic E-state index is 12.7. The van der Waals surface area contributed by atoms with Crippen molar-refractivity contribution in [2.75, 3.05) is 32.0 Å². The first kappa shape index (κ1) is 20.4. The number of carbonyl (C=O) groups is 2. The van der Waals surface area contributed by atoms with Crippen LogP contribution < -0.4 is 5.32 Å². The number of carboxylic acid groups (broad SMARTS) is 1. The summed E-state index contributed by atoms with van der Waals surface area (Å²) < 4.78 is 1.80. The first-order valence-corrected chi connectivity index (χ1v) is 9.30. The summed E-state index contributed by atoms with van der Waals surface area (Å²) >= 11 is 0. The molecule has 0 aliphatic carbocycles. The molecule has 26 heavy (non-hydrogen) atoms. The van der Waals surface area contributed by atoms with E-state index in [1.54, 1.807) is 10.9 Å². The van der Waals surface area contributed by atoms with Gasteiger partial charge in [0.15, 0.2) is 0 Å². The van der Waals surface area contributed by atoms with Crippen molar-refractivity contribution in [3.8, 4) is 0 Å². The van der Waals surface area contributed by atoms with Gasteiger partial charge in [-0.15, -0.1) is 0 Å². The van der Waals surface area contributed by atoms with Crippen LogP contribution in [0.15, 0.2) is 12.3 Å². The van der Waals surface area contributed by atoms with Crippen LogP contribution in [0.5, 0.6) is 0 Å². The average Bonchev–Trinajstić information content (AvgIpc) is 2.88. The largest absolute Gasteiger partial charge is 0.480 e. The highest BCUT2D eigenvalue weighted by Crippen LogP contribution is 2.19. The summed E-state index contributed by atoms with van der Waals surface area (Å²) in [6.45, 7) is 7.65. The van der Waals surface area contributed by atoms with Crippen LogP contribution in [0.2, 0.25) is 0 Å². The van der Waals surface area contributed by atoms with Crippen molar-refractivity contribution in [1.29, 1.82) is 0 Å². The zero-order valence-electron chi connectivity index (χ0n) is 16.2. The minimum Gasteiger partial charge on any atom is -0.480 e. The molecule has 0 saturated carbocycles. The van der Waals surface area contributed by atoms with Crippen LogP contribution in [0.1, 0.15) is 46.1 Å². The van der Waals surface area contributed by atoms with Crippen LogP contribution in [0.4, 0.5) is 5.82 Å². The lowest BCUT2D eigenvalue weighted by Gasteiger charge is -2.28. The van der Waals surface area contributed by atoms with Crippen LogP contribution in [0, 0.1) is 0 Å². The second kappa shape index (κ2) is 9.14. The highest BCUT2D eigenvalue weighted by atomic mass is 16.4. The Kier molecular flexibility index (Phi) is 7.16. The molecule has 0 aromatic carbocycles. The van der Waals surface area contributed by atoms with Crippen molar-refractivity contribution >= 4 is 17.7 Å². The average molecular weight is 365 g/mol. The second-order valence-electron chi connectivity index (χ2n) is 7.35. The predicted molar refractivity (Wildman–Crippen MR) is 100 cm³/mol. The Labute approximate surface area is 155 Å². The second-order valence-corrected chi connectivity index (χ2v) is 7.35. The SMILES string of the molecule is CC(C(=O)Nc1ccnn1C(C)C)N1CCCC(N(C)CC(=O)O)CC1. The lowest BCUT2D eigenvalue weighted by molar-refractivity contribution is -0.138. The fourth-order valence-corrected chi connectivity index (χ4v) is 3.49. The van der Waals surface area contributed by atoms with Crippen LogP contribution in [0.3, 0.4) is 0 Å². The molecule has 1 aliphatic rings. The van der Waals surface area contributed by atoms with Gasteiger partial charge >= 0.3 is 5.97 Å². The lowest BCUT2D eigenvalue weighted by Crippen LogP contribution is -2.43. The molecule has 1 fully saturated rings. The summed E-state index contributed by atoms with van der Waals surface area (Å²) in [5.41, 5.74) is 0. The number of likely N-dealkylation sites (N-methyl/N-ethyl adjacent to an activating group) is 1. The molecule has 2 heterocycles. The van der Waals surface area contributed by atoms with E-state index < -0.39 is 5.97 Å². The molecule has 2 rings (SSSR count). The van der Waals surface area contributed by atoms with E-state index in [0.29, 0.717) is 5.82 Å². The summed E-state index contributed by atoms with van der Waals surface area (Å²) in [4.78, 5) is 27.7. The molecule has 0 spiro atoms. The zero-order valence-corrected chi connectivity index (χ0v) is 16.2. The van der Waals surface area contributed by atoms with Gasteiger partial charge in [-0.05, 0) is 53.6 Å². The summed E-state index contributed by atoms with van der Waals surface area (Å²) in [6.07, 6.45) is 4.46. The van der Waals surface area contributed by atoms with Gasteiger partial charge in [0.05, 0.1) is 18.8 Å². The first-order chi connectivity index (χ1) is 12.3. The van der Waals surface area contributed by atoms with Crippen LogP contribution >= 0.6 is 0 Å². The Balaban J connectivity index is 1.92. The van der Waals surface area contributed by atoms with Gasteiger partial charge in [-0.3, -0.25) is 19.4 Å². The fraction of sp³-hybridized carbons (Fsp3) is 0.722. The van der Waals surface area contributed by atoms with Gasteiger partial charge in [0.25, 0.3) is 0 Å². The quantitative estimate of drug-likeness (QED) is 0.764. The molecular weight excluding hydrogens is 334 g/mol. The molecule has 2 N–H and O–H groups in total. The lowest BCUT2D eigenvalue weighted by atomic mass is 10.1. The minimum absolute atomic E-state index is 0.0373. The Morgan fingerprint density at radius 2 is 2.08 bits per heavy atom. The van der Waals surface area contributed by atoms with E-state index in [2.05, 4.69) is 15.3 Å². The monoisotopic (exact) mass is 365 g/mol. The van der Waals surface area contributed by atoms with Crippen molar-refractivity contribution < 1.29 is 14.7 Å². The molecule has 8 nitrogen and oxygen atoms in total. The molecule has 8 heteroatoms. The molecule has 0 bridgehead atoms. The van der Waals surface area contributed by atoms with Gasteiger partial charge in [0.1, 0.15) is 5.82 Å². The number of nitrogens with one attached hydrogen (secondary N) is 1. The minimum atomic E-state index is -0.803.